The van der Waals surface area contributed by atoms with Crippen LogP contribution in [0.5, 0.6) is 0 Å². The molecule has 0 amide bonds. The van der Waals surface area contributed by atoms with Crippen LogP contribution in [0.2, 0.25) is 0 Å². The molecule has 1 aliphatic rings. The van der Waals surface area contributed by atoms with Gasteiger partial charge in [0.1, 0.15) is 5.76 Å². The number of piperidine rings is 1. The molecule has 0 spiro atoms. The molecule has 0 aliphatic carbocycles. The van der Waals surface area contributed by atoms with E-state index in [9.17, 15) is 0 Å². The van der Waals surface area contributed by atoms with Crippen molar-refractivity contribution in [3.63, 3.8) is 0 Å². The lowest BCUT2D eigenvalue weighted by molar-refractivity contribution is 0.146. The van der Waals surface area contributed by atoms with Crippen LogP contribution >= 0.6 is 24.0 Å². The lowest BCUT2D eigenvalue weighted by atomic mass is 10.1. The van der Waals surface area contributed by atoms with E-state index in [-0.39, 0.29) is 30.0 Å². The summed E-state index contributed by atoms with van der Waals surface area (Å²) in [4.78, 5) is 9.10. The summed E-state index contributed by atoms with van der Waals surface area (Å²) in [5.74, 6) is 1.85. The van der Waals surface area contributed by atoms with Gasteiger partial charge in [-0.2, -0.15) is 0 Å². The maximum atomic E-state index is 5.70. The fourth-order valence-electron chi connectivity index (χ4n) is 3.26. The number of aliphatic imine (C=N–C) groups is 1. The third-order valence-electron chi connectivity index (χ3n) is 4.85. The molecule has 1 atom stereocenters. The van der Waals surface area contributed by atoms with Gasteiger partial charge in [0.15, 0.2) is 5.96 Å². The molecule has 1 aliphatic heterocycles. The van der Waals surface area contributed by atoms with E-state index in [0.717, 1.165) is 57.6 Å². The van der Waals surface area contributed by atoms with Crippen molar-refractivity contribution in [1.29, 1.82) is 0 Å². The molecule has 0 saturated carbocycles. The summed E-state index contributed by atoms with van der Waals surface area (Å²) < 4.78 is 10.8. The number of guanidine groups is 1. The van der Waals surface area contributed by atoms with E-state index in [1.165, 1.54) is 19.3 Å². The number of nitrogens with one attached hydrogen (secondary N) is 2. The van der Waals surface area contributed by atoms with E-state index in [0.29, 0.717) is 0 Å². The second-order valence-electron chi connectivity index (χ2n) is 6.80. The molecule has 27 heavy (non-hydrogen) atoms. The van der Waals surface area contributed by atoms with Crippen LogP contribution in [0.1, 0.15) is 31.1 Å². The number of hydrogen-bond acceptors (Lipinski definition) is 5. The summed E-state index contributed by atoms with van der Waals surface area (Å²) in [5.41, 5.74) is 0. The third kappa shape index (κ3) is 8.80. The lowest BCUT2D eigenvalue weighted by Gasteiger charge is -2.33. The zero-order valence-corrected chi connectivity index (χ0v) is 19.3. The molecule has 0 bridgehead atoms. The SMILES string of the molecule is CN=C(NCCN(C)CCOC)NCC(c1ccco1)N1CCCCC1.I. The van der Waals surface area contributed by atoms with Gasteiger partial charge in [0.25, 0.3) is 0 Å². The monoisotopic (exact) mass is 493 g/mol. The first-order valence-electron chi connectivity index (χ1n) is 9.64. The van der Waals surface area contributed by atoms with Crippen LogP contribution in [0.3, 0.4) is 0 Å². The normalized spacial score (nSPS) is 16.8. The first kappa shape index (κ1) is 24.2. The second-order valence-corrected chi connectivity index (χ2v) is 6.80. The van der Waals surface area contributed by atoms with Crippen molar-refractivity contribution in [2.75, 3.05) is 67.1 Å². The Bertz CT molecular complexity index is 506. The zero-order chi connectivity index (χ0) is 18.6. The summed E-state index contributed by atoms with van der Waals surface area (Å²) in [6.45, 7) is 6.51. The zero-order valence-electron chi connectivity index (χ0n) is 16.9. The largest absolute Gasteiger partial charge is 0.468 e. The summed E-state index contributed by atoms with van der Waals surface area (Å²) >= 11 is 0. The number of halogens is 1. The van der Waals surface area contributed by atoms with Gasteiger partial charge < -0.3 is 24.7 Å². The molecule has 1 unspecified atom stereocenters. The Morgan fingerprint density at radius 2 is 2.07 bits per heavy atom. The van der Waals surface area contributed by atoms with Gasteiger partial charge >= 0.3 is 0 Å². The van der Waals surface area contributed by atoms with Crippen LogP contribution in [0.15, 0.2) is 27.8 Å². The van der Waals surface area contributed by atoms with Gasteiger partial charge in [-0.05, 0) is 45.1 Å². The summed E-state index contributed by atoms with van der Waals surface area (Å²) in [6, 6.07) is 4.28. The first-order valence-corrected chi connectivity index (χ1v) is 9.64. The Labute approximate surface area is 180 Å². The van der Waals surface area contributed by atoms with Gasteiger partial charge in [-0.1, -0.05) is 6.42 Å². The van der Waals surface area contributed by atoms with Crippen molar-refractivity contribution in [3.8, 4) is 0 Å². The van der Waals surface area contributed by atoms with E-state index in [1.54, 1.807) is 13.4 Å². The molecule has 2 heterocycles. The number of ether oxygens (including phenoxy) is 1. The molecule has 1 aromatic rings. The van der Waals surface area contributed by atoms with Crippen LogP contribution in [0.25, 0.3) is 0 Å². The van der Waals surface area contributed by atoms with E-state index in [4.69, 9.17) is 9.15 Å². The molecule has 7 nitrogen and oxygen atoms in total. The minimum Gasteiger partial charge on any atom is -0.468 e. The Hall–Kier alpha value is -0.840. The van der Waals surface area contributed by atoms with Crippen LogP contribution < -0.4 is 10.6 Å². The Balaban J connectivity index is 0.00000364. The predicted molar refractivity (Wildman–Crippen MR) is 121 cm³/mol. The van der Waals surface area contributed by atoms with Gasteiger partial charge in [0, 0.05) is 40.3 Å². The second kappa shape index (κ2) is 14.2. The van der Waals surface area contributed by atoms with Crippen molar-refractivity contribution in [2.45, 2.75) is 25.3 Å². The van der Waals surface area contributed by atoms with Gasteiger partial charge in [-0.3, -0.25) is 9.89 Å². The summed E-state index contributed by atoms with van der Waals surface area (Å²) in [6.07, 6.45) is 5.61. The molecule has 1 aromatic heterocycles. The number of likely N-dealkylation sites (tertiary alicyclic amines) is 1. The molecule has 8 heteroatoms. The highest BCUT2D eigenvalue weighted by atomic mass is 127. The Morgan fingerprint density at radius 1 is 1.30 bits per heavy atom. The number of nitrogens with zero attached hydrogens (tertiary/aromatic N) is 3. The molecule has 1 saturated heterocycles. The highest BCUT2D eigenvalue weighted by molar-refractivity contribution is 14.0. The number of methoxy groups -OCH3 is 1. The van der Waals surface area contributed by atoms with Gasteiger partial charge in [-0.25, -0.2) is 0 Å². The highest BCUT2D eigenvalue weighted by Gasteiger charge is 2.24. The third-order valence-corrected chi connectivity index (χ3v) is 4.85. The maximum absolute atomic E-state index is 5.70. The molecule has 0 aromatic carbocycles. The molecule has 156 valence electrons. The van der Waals surface area contributed by atoms with E-state index in [2.05, 4.69) is 38.5 Å². The predicted octanol–water partition coefficient (Wildman–Crippen LogP) is 2.17. The number of furan rings is 1. The molecular formula is C19H36IN5O2. The molecule has 2 N–H and O–H groups in total. The molecular weight excluding hydrogens is 457 g/mol. The van der Waals surface area contributed by atoms with Crippen molar-refractivity contribution < 1.29 is 9.15 Å². The van der Waals surface area contributed by atoms with Crippen LogP contribution in [-0.4, -0.2) is 82.8 Å². The van der Waals surface area contributed by atoms with E-state index >= 15 is 0 Å². The minimum atomic E-state index is 0. The Morgan fingerprint density at radius 3 is 2.70 bits per heavy atom. The Kier molecular flexibility index (Phi) is 12.7. The first-order chi connectivity index (χ1) is 12.7. The lowest BCUT2D eigenvalue weighted by Crippen LogP contribution is -2.45. The molecule has 2 rings (SSSR count). The highest BCUT2D eigenvalue weighted by Crippen LogP contribution is 2.24. The number of likely N-dealkylation sites (N-methyl/N-ethyl adjacent to an activating group) is 1. The van der Waals surface area contributed by atoms with Crippen molar-refractivity contribution >= 4 is 29.9 Å². The fourth-order valence-corrected chi connectivity index (χ4v) is 3.26. The van der Waals surface area contributed by atoms with Gasteiger partial charge in [0.05, 0.1) is 18.9 Å². The average molecular weight is 493 g/mol. The van der Waals surface area contributed by atoms with Crippen LogP contribution in [-0.2, 0) is 4.74 Å². The molecule has 1 fully saturated rings. The van der Waals surface area contributed by atoms with Gasteiger partial charge in [0.2, 0.25) is 0 Å². The van der Waals surface area contributed by atoms with E-state index < -0.39 is 0 Å². The summed E-state index contributed by atoms with van der Waals surface area (Å²) in [7, 11) is 5.64. The maximum Gasteiger partial charge on any atom is 0.191 e. The minimum absolute atomic E-state index is 0. The van der Waals surface area contributed by atoms with E-state index in [1.807, 2.05) is 13.1 Å². The van der Waals surface area contributed by atoms with Crippen molar-refractivity contribution in [2.24, 2.45) is 4.99 Å². The standard InChI is InChI=1S/C19H35N5O2.HI/c1-20-19(21-9-12-23(2)13-15-25-3)22-16-17(18-8-7-14-26-18)24-10-5-4-6-11-24;/h7-8,14,17H,4-6,9-13,15-16H2,1-3H3,(H2,20,21,22);1H. The smallest absolute Gasteiger partial charge is 0.191 e. The summed E-state index contributed by atoms with van der Waals surface area (Å²) in [5, 5.41) is 6.85. The number of hydrogen-bond donors (Lipinski definition) is 2. The number of rotatable bonds is 10. The van der Waals surface area contributed by atoms with Crippen molar-refractivity contribution in [1.82, 2.24) is 20.4 Å². The fraction of sp³-hybridized carbons (Fsp3) is 0.737. The van der Waals surface area contributed by atoms with Crippen molar-refractivity contribution in [3.05, 3.63) is 24.2 Å². The average Bonchev–Trinajstić information content (AvgIpc) is 3.20. The van der Waals surface area contributed by atoms with Crippen LogP contribution in [0.4, 0.5) is 0 Å². The van der Waals surface area contributed by atoms with Crippen LogP contribution in [0, 0.1) is 0 Å². The quantitative estimate of drug-likeness (QED) is 0.296. The topological polar surface area (TPSA) is 65.3 Å². The molecule has 0 radical (unpaired) electrons. The van der Waals surface area contributed by atoms with Gasteiger partial charge in [-0.15, -0.1) is 24.0 Å².